The predicted molar refractivity (Wildman–Crippen MR) is 117 cm³/mol. The van der Waals surface area contributed by atoms with Crippen LogP contribution < -0.4 is 10.6 Å². The summed E-state index contributed by atoms with van der Waals surface area (Å²) in [4.78, 5) is 39.4. The van der Waals surface area contributed by atoms with Gasteiger partial charge in [-0.15, -0.1) is 0 Å². The highest BCUT2D eigenvalue weighted by atomic mass is 16.5. The van der Waals surface area contributed by atoms with E-state index in [9.17, 15) is 14.4 Å². The molecule has 1 saturated carbocycles. The van der Waals surface area contributed by atoms with Crippen LogP contribution in [0.15, 0.2) is 0 Å². The summed E-state index contributed by atoms with van der Waals surface area (Å²) in [6.07, 6.45) is 6.41. The monoisotopic (exact) mass is 437 g/mol. The van der Waals surface area contributed by atoms with Crippen LogP contribution in [0.5, 0.6) is 0 Å². The van der Waals surface area contributed by atoms with Gasteiger partial charge >= 0.3 is 5.97 Å². The first-order valence-corrected chi connectivity index (χ1v) is 11.8. The molecule has 8 nitrogen and oxygen atoms in total. The van der Waals surface area contributed by atoms with E-state index in [1.54, 1.807) is 14.0 Å². The second-order valence-corrected chi connectivity index (χ2v) is 9.80. The van der Waals surface area contributed by atoms with E-state index in [4.69, 9.17) is 9.47 Å². The smallest absolute Gasteiger partial charge is 0.316 e. The van der Waals surface area contributed by atoms with E-state index >= 15 is 0 Å². The fourth-order valence-electron chi connectivity index (χ4n) is 4.40. The fourth-order valence-corrected chi connectivity index (χ4v) is 4.40. The molecule has 3 aliphatic rings. The van der Waals surface area contributed by atoms with Crippen LogP contribution in [0, 0.1) is 5.92 Å². The van der Waals surface area contributed by atoms with Gasteiger partial charge in [0.15, 0.2) is 0 Å². The zero-order valence-corrected chi connectivity index (χ0v) is 19.3. The molecule has 0 aromatic heterocycles. The maximum absolute atomic E-state index is 12.5. The van der Waals surface area contributed by atoms with Gasteiger partial charge in [-0.1, -0.05) is 0 Å². The first-order valence-electron chi connectivity index (χ1n) is 11.8. The van der Waals surface area contributed by atoms with Crippen molar-refractivity contribution < 1.29 is 23.9 Å². The zero-order chi connectivity index (χ0) is 22.5. The molecule has 3 fully saturated rings. The van der Waals surface area contributed by atoms with Gasteiger partial charge in [-0.05, 0) is 65.3 Å². The molecule has 1 unspecified atom stereocenters. The standard InChI is InChI=1S/C23H39N3O5/c1-17-19(27)7-9-22(2,30-3)8-4-12-25-23(16-31-21(17)29)10-13-26(14-11-23)20(28)15-24-18-5-6-18/h17-18,24-25H,4-16H2,1-3H3/t17?,22-/m1/s1. The van der Waals surface area contributed by atoms with Crippen molar-refractivity contribution in [2.45, 2.75) is 82.4 Å². The fraction of sp³-hybridized carbons (Fsp3) is 0.870. The lowest BCUT2D eigenvalue weighted by atomic mass is 9.87. The SMILES string of the molecule is CO[C@]1(C)CCCNC2(CCN(C(=O)CNC3CC3)CC2)COC(=O)C(C)C(=O)CC1. The second kappa shape index (κ2) is 10.4. The average molecular weight is 438 g/mol. The van der Waals surface area contributed by atoms with Crippen molar-refractivity contribution in [3.8, 4) is 0 Å². The van der Waals surface area contributed by atoms with E-state index in [2.05, 4.69) is 10.6 Å². The summed E-state index contributed by atoms with van der Waals surface area (Å²) < 4.78 is 11.3. The third kappa shape index (κ3) is 6.73. The van der Waals surface area contributed by atoms with Gasteiger partial charge in [0.2, 0.25) is 5.91 Å². The second-order valence-electron chi connectivity index (χ2n) is 9.80. The number of hydrogen-bond acceptors (Lipinski definition) is 7. The molecule has 2 saturated heterocycles. The minimum absolute atomic E-state index is 0.0990. The number of methoxy groups -OCH3 is 1. The molecular weight excluding hydrogens is 398 g/mol. The number of nitrogens with zero attached hydrogens (tertiary/aromatic N) is 1. The van der Waals surface area contributed by atoms with Crippen molar-refractivity contribution >= 4 is 17.7 Å². The van der Waals surface area contributed by atoms with Gasteiger partial charge < -0.3 is 25.0 Å². The van der Waals surface area contributed by atoms with Gasteiger partial charge in [0.25, 0.3) is 0 Å². The Morgan fingerprint density at radius 3 is 2.58 bits per heavy atom. The van der Waals surface area contributed by atoms with Gasteiger partial charge in [-0.25, -0.2) is 0 Å². The summed E-state index contributed by atoms with van der Waals surface area (Å²) in [7, 11) is 1.68. The maximum atomic E-state index is 12.5. The molecule has 2 atom stereocenters. The van der Waals surface area contributed by atoms with Crippen LogP contribution in [0.3, 0.4) is 0 Å². The normalized spacial score (nSPS) is 30.8. The third-order valence-corrected chi connectivity index (χ3v) is 7.30. The quantitative estimate of drug-likeness (QED) is 0.507. The van der Waals surface area contributed by atoms with Crippen molar-refractivity contribution in [1.82, 2.24) is 15.5 Å². The number of carbonyl (C=O) groups is 3. The highest BCUT2D eigenvalue weighted by Crippen LogP contribution is 2.27. The maximum Gasteiger partial charge on any atom is 0.316 e. The molecule has 0 bridgehead atoms. The largest absolute Gasteiger partial charge is 0.463 e. The summed E-state index contributed by atoms with van der Waals surface area (Å²) in [5, 5.41) is 6.92. The van der Waals surface area contributed by atoms with E-state index in [0.717, 1.165) is 45.1 Å². The lowest BCUT2D eigenvalue weighted by molar-refractivity contribution is -0.154. The zero-order valence-electron chi connectivity index (χ0n) is 19.3. The van der Waals surface area contributed by atoms with Gasteiger partial charge in [0.05, 0.1) is 17.7 Å². The Kier molecular flexibility index (Phi) is 8.10. The highest BCUT2D eigenvalue weighted by molar-refractivity contribution is 5.98. The van der Waals surface area contributed by atoms with Crippen LogP contribution in [0.2, 0.25) is 0 Å². The Bertz CT molecular complexity index is 658. The molecule has 176 valence electrons. The van der Waals surface area contributed by atoms with Gasteiger partial charge in [0, 0.05) is 32.7 Å². The van der Waals surface area contributed by atoms with Gasteiger partial charge in [-0.2, -0.15) is 0 Å². The third-order valence-electron chi connectivity index (χ3n) is 7.30. The number of likely N-dealkylation sites (tertiary alicyclic amines) is 1. The average Bonchev–Trinajstić information content (AvgIpc) is 3.61. The molecule has 1 spiro atoms. The summed E-state index contributed by atoms with van der Waals surface area (Å²) in [5.41, 5.74) is -0.747. The number of ketones is 1. The van der Waals surface area contributed by atoms with E-state index < -0.39 is 11.9 Å². The Balaban J connectivity index is 1.62. The lowest BCUT2D eigenvalue weighted by Crippen LogP contribution is -2.58. The van der Waals surface area contributed by atoms with Crippen LogP contribution in [-0.2, 0) is 23.9 Å². The molecule has 1 amide bonds. The van der Waals surface area contributed by atoms with Crippen LogP contribution in [0.25, 0.3) is 0 Å². The molecular formula is C23H39N3O5. The van der Waals surface area contributed by atoms with E-state index in [1.165, 1.54) is 0 Å². The van der Waals surface area contributed by atoms with E-state index in [0.29, 0.717) is 38.5 Å². The number of hydrogen-bond donors (Lipinski definition) is 2. The van der Waals surface area contributed by atoms with Crippen molar-refractivity contribution in [3.63, 3.8) is 0 Å². The Labute approximate surface area is 185 Å². The van der Waals surface area contributed by atoms with Crippen molar-refractivity contribution in [1.29, 1.82) is 0 Å². The number of rotatable bonds is 4. The number of carbonyl (C=O) groups excluding carboxylic acids is 3. The first kappa shape index (κ1) is 24.1. The summed E-state index contributed by atoms with van der Waals surface area (Å²) in [6.45, 7) is 6.33. The van der Waals surface area contributed by atoms with Crippen LogP contribution in [0.1, 0.15) is 65.2 Å². The topological polar surface area (TPSA) is 97.0 Å². The number of amides is 1. The number of cyclic esters (lactones) is 1. The summed E-state index contributed by atoms with van der Waals surface area (Å²) in [5.74, 6) is -1.19. The Morgan fingerprint density at radius 1 is 1.23 bits per heavy atom. The Morgan fingerprint density at radius 2 is 1.94 bits per heavy atom. The van der Waals surface area contributed by atoms with Crippen LogP contribution >= 0.6 is 0 Å². The number of piperidine rings is 1. The lowest BCUT2D eigenvalue weighted by Gasteiger charge is -2.42. The predicted octanol–water partition coefficient (Wildman–Crippen LogP) is 1.42. The van der Waals surface area contributed by atoms with Crippen molar-refractivity contribution in [2.24, 2.45) is 5.92 Å². The number of nitrogens with one attached hydrogen (secondary N) is 2. The van der Waals surface area contributed by atoms with Crippen molar-refractivity contribution in [2.75, 3.05) is 39.9 Å². The first-order chi connectivity index (χ1) is 14.8. The molecule has 0 aromatic rings. The molecule has 8 heteroatoms. The molecule has 2 heterocycles. The number of esters is 1. The highest BCUT2D eigenvalue weighted by Gasteiger charge is 2.38. The number of ether oxygens (including phenoxy) is 2. The molecule has 0 aromatic carbocycles. The van der Waals surface area contributed by atoms with E-state index in [-0.39, 0.29) is 29.4 Å². The van der Waals surface area contributed by atoms with Gasteiger partial charge in [0.1, 0.15) is 18.3 Å². The molecule has 1 aliphatic carbocycles. The van der Waals surface area contributed by atoms with Crippen LogP contribution in [-0.4, -0.2) is 79.6 Å². The summed E-state index contributed by atoms with van der Waals surface area (Å²) >= 11 is 0. The molecule has 3 rings (SSSR count). The molecule has 0 radical (unpaired) electrons. The van der Waals surface area contributed by atoms with E-state index in [1.807, 2.05) is 11.8 Å². The van der Waals surface area contributed by atoms with Gasteiger partial charge in [-0.3, -0.25) is 14.4 Å². The Hall–Kier alpha value is -1.51. The molecule has 31 heavy (non-hydrogen) atoms. The minimum atomic E-state index is -0.769. The van der Waals surface area contributed by atoms with Crippen LogP contribution in [0.4, 0.5) is 0 Å². The van der Waals surface area contributed by atoms with Crippen molar-refractivity contribution in [3.05, 3.63) is 0 Å². The molecule has 2 N–H and O–H groups in total. The number of Topliss-reactive ketones (excluding diaryl/α,β-unsaturated/α-hetero) is 1. The minimum Gasteiger partial charge on any atom is -0.463 e. The molecule has 2 aliphatic heterocycles. The summed E-state index contributed by atoms with van der Waals surface area (Å²) in [6, 6.07) is 0.513.